The maximum atomic E-state index is 12.5. The Labute approximate surface area is 142 Å². The first kappa shape index (κ1) is 18.4. The Morgan fingerprint density at radius 1 is 1.38 bits per heavy atom. The lowest BCUT2D eigenvalue weighted by Crippen LogP contribution is -2.50. The van der Waals surface area contributed by atoms with Gasteiger partial charge < -0.3 is 20.5 Å². The molecule has 1 aromatic rings. The molecule has 24 heavy (non-hydrogen) atoms. The lowest BCUT2D eigenvalue weighted by Gasteiger charge is -2.28. The molecule has 0 bridgehead atoms. The maximum Gasteiger partial charge on any atom is 0.326 e. The number of aliphatic carboxylic acids is 1. The van der Waals surface area contributed by atoms with E-state index in [2.05, 4.69) is 10.6 Å². The summed E-state index contributed by atoms with van der Waals surface area (Å²) in [5, 5.41) is 15.4. The van der Waals surface area contributed by atoms with Gasteiger partial charge in [-0.25, -0.2) is 4.79 Å². The van der Waals surface area contributed by atoms with E-state index in [1.165, 1.54) is 0 Å². The maximum absolute atomic E-state index is 12.5. The Hall–Kier alpha value is -1.92. The lowest BCUT2D eigenvalue weighted by molar-refractivity contribution is -0.143. The van der Waals surface area contributed by atoms with Gasteiger partial charge in [-0.1, -0.05) is 37.3 Å². The average Bonchev–Trinajstić information content (AvgIpc) is 3.09. The van der Waals surface area contributed by atoms with E-state index in [-0.39, 0.29) is 24.5 Å². The molecular formula is C18H26N2O4. The van der Waals surface area contributed by atoms with Crippen molar-refractivity contribution in [1.82, 2.24) is 10.6 Å². The number of methoxy groups -OCH3 is 1. The summed E-state index contributed by atoms with van der Waals surface area (Å²) in [7, 11) is 1.59. The van der Waals surface area contributed by atoms with E-state index >= 15 is 0 Å². The summed E-state index contributed by atoms with van der Waals surface area (Å²) in [5.41, 5.74) is 0.874. The van der Waals surface area contributed by atoms with Crippen LogP contribution in [0.5, 0.6) is 0 Å². The van der Waals surface area contributed by atoms with Gasteiger partial charge in [-0.15, -0.1) is 0 Å². The summed E-state index contributed by atoms with van der Waals surface area (Å²) in [6.45, 7) is 2.70. The lowest BCUT2D eigenvalue weighted by atomic mass is 9.95. The molecule has 0 aliphatic carbocycles. The van der Waals surface area contributed by atoms with Gasteiger partial charge in [-0.2, -0.15) is 0 Å². The molecule has 2 rings (SSSR count). The highest BCUT2D eigenvalue weighted by Crippen LogP contribution is 2.19. The van der Waals surface area contributed by atoms with Crippen LogP contribution in [-0.4, -0.2) is 48.8 Å². The third-order valence-corrected chi connectivity index (χ3v) is 4.57. The van der Waals surface area contributed by atoms with E-state index in [9.17, 15) is 14.7 Å². The third kappa shape index (κ3) is 4.79. The predicted molar refractivity (Wildman–Crippen MR) is 90.7 cm³/mol. The standard InChI is InChI=1S/C18H26N2O4/c1-12(16(24-2)14-9-6-10-19-14)17(21)20-15(18(22)23)11-13-7-4-3-5-8-13/h3-5,7-8,12,14-16,19H,6,9-11H2,1-2H3,(H,20,21)(H,22,23)/t12-,14+,15?,16-/m1/s1. The zero-order valence-electron chi connectivity index (χ0n) is 14.2. The number of nitrogens with one attached hydrogen (secondary N) is 2. The van der Waals surface area contributed by atoms with Crippen LogP contribution in [0, 0.1) is 5.92 Å². The Kier molecular flexibility index (Phi) is 6.75. The molecule has 1 aliphatic heterocycles. The van der Waals surface area contributed by atoms with Gasteiger partial charge >= 0.3 is 5.97 Å². The summed E-state index contributed by atoms with van der Waals surface area (Å²) in [4.78, 5) is 24.0. The van der Waals surface area contributed by atoms with Crippen LogP contribution in [-0.2, 0) is 20.7 Å². The summed E-state index contributed by atoms with van der Waals surface area (Å²) >= 11 is 0. The highest BCUT2D eigenvalue weighted by Gasteiger charge is 2.34. The van der Waals surface area contributed by atoms with Crippen molar-refractivity contribution in [1.29, 1.82) is 0 Å². The van der Waals surface area contributed by atoms with Crippen molar-refractivity contribution in [3.8, 4) is 0 Å². The van der Waals surface area contributed by atoms with Crippen molar-refractivity contribution in [3.63, 3.8) is 0 Å². The van der Waals surface area contributed by atoms with Crippen LogP contribution in [0.15, 0.2) is 30.3 Å². The van der Waals surface area contributed by atoms with Gasteiger partial charge in [0.1, 0.15) is 6.04 Å². The second-order valence-electron chi connectivity index (χ2n) is 6.28. The quantitative estimate of drug-likeness (QED) is 0.665. The molecule has 4 atom stereocenters. The smallest absolute Gasteiger partial charge is 0.326 e. The highest BCUT2D eigenvalue weighted by molar-refractivity contribution is 5.85. The molecule has 6 heteroatoms. The van der Waals surface area contributed by atoms with E-state index in [0.717, 1.165) is 24.9 Å². The molecule has 6 nitrogen and oxygen atoms in total. The molecule has 1 aromatic carbocycles. The summed E-state index contributed by atoms with van der Waals surface area (Å²) in [6, 6.07) is 8.47. The fraction of sp³-hybridized carbons (Fsp3) is 0.556. The number of carbonyl (C=O) groups is 2. The molecule has 1 aliphatic rings. The Bertz CT molecular complexity index is 543. The molecule has 0 radical (unpaired) electrons. The number of hydrogen-bond donors (Lipinski definition) is 3. The van der Waals surface area contributed by atoms with E-state index in [1.807, 2.05) is 30.3 Å². The van der Waals surface area contributed by atoms with Gasteiger partial charge in [0.15, 0.2) is 0 Å². The number of carboxylic acid groups (broad SMARTS) is 1. The monoisotopic (exact) mass is 334 g/mol. The molecule has 1 unspecified atom stereocenters. The fourth-order valence-electron chi connectivity index (χ4n) is 3.21. The van der Waals surface area contributed by atoms with E-state index in [0.29, 0.717) is 0 Å². The van der Waals surface area contributed by atoms with Crippen LogP contribution in [0.2, 0.25) is 0 Å². The molecule has 3 N–H and O–H groups in total. The average molecular weight is 334 g/mol. The zero-order valence-corrected chi connectivity index (χ0v) is 14.2. The molecule has 0 saturated carbocycles. The van der Waals surface area contributed by atoms with Gasteiger partial charge in [0, 0.05) is 19.6 Å². The number of amides is 1. The van der Waals surface area contributed by atoms with Crippen LogP contribution in [0.25, 0.3) is 0 Å². The number of carboxylic acids is 1. The first-order chi connectivity index (χ1) is 11.5. The molecular weight excluding hydrogens is 308 g/mol. The minimum Gasteiger partial charge on any atom is -0.480 e. The van der Waals surface area contributed by atoms with Crippen molar-refractivity contribution in [3.05, 3.63) is 35.9 Å². The first-order valence-corrected chi connectivity index (χ1v) is 8.36. The minimum absolute atomic E-state index is 0.133. The van der Waals surface area contributed by atoms with Crippen LogP contribution in [0.4, 0.5) is 0 Å². The molecule has 1 saturated heterocycles. The largest absolute Gasteiger partial charge is 0.480 e. The third-order valence-electron chi connectivity index (χ3n) is 4.57. The molecule has 0 aromatic heterocycles. The van der Waals surface area contributed by atoms with Gasteiger partial charge in [0.05, 0.1) is 12.0 Å². The van der Waals surface area contributed by atoms with Crippen molar-refractivity contribution in [2.45, 2.75) is 44.4 Å². The Morgan fingerprint density at radius 2 is 2.08 bits per heavy atom. The number of rotatable bonds is 8. The Morgan fingerprint density at radius 3 is 2.62 bits per heavy atom. The molecule has 1 fully saturated rings. The van der Waals surface area contributed by atoms with Crippen molar-refractivity contribution < 1.29 is 19.4 Å². The van der Waals surface area contributed by atoms with Gasteiger partial charge in [0.2, 0.25) is 5.91 Å². The normalized spacial score (nSPS) is 21.0. The van der Waals surface area contributed by atoms with E-state index in [4.69, 9.17) is 4.74 Å². The zero-order chi connectivity index (χ0) is 17.5. The van der Waals surface area contributed by atoms with Crippen LogP contribution in [0.1, 0.15) is 25.3 Å². The van der Waals surface area contributed by atoms with E-state index in [1.54, 1.807) is 14.0 Å². The van der Waals surface area contributed by atoms with Crippen LogP contribution < -0.4 is 10.6 Å². The molecule has 132 valence electrons. The number of carbonyl (C=O) groups excluding carboxylic acids is 1. The van der Waals surface area contributed by atoms with Gasteiger partial charge in [-0.3, -0.25) is 4.79 Å². The highest BCUT2D eigenvalue weighted by atomic mass is 16.5. The summed E-state index contributed by atoms with van der Waals surface area (Å²) in [5.74, 6) is -1.76. The number of benzene rings is 1. The number of ether oxygens (including phenoxy) is 1. The van der Waals surface area contributed by atoms with Crippen LogP contribution >= 0.6 is 0 Å². The Balaban J connectivity index is 1.99. The van der Waals surface area contributed by atoms with E-state index < -0.39 is 17.9 Å². The molecule has 0 spiro atoms. The second-order valence-corrected chi connectivity index (χ2v) is 6.28. The van der Waals surface area contributed by atoms with Gasteiger partial charge in [0.25, 0.3) is 0 Å². The number of hydrogen-bond acceptors (Lipinski definition) is 4. The van der Waals surface area contributed by atoms with Crippen molar-refractivity contribution in [2.24, 2.45) is 5.92 Å². The first-order valence-electron chi connectivity index (χ1n) is 8.36. The minimum atomic E-state index is -1.03. The van der Waals surface area contributed by atoms with Gasteiger partial charge in [-0.05, 0) is 24.9 Å². The molecule has 1 amide bonds. The topological polar surface area (TPSA) is 87.7 Å². The summed E-state index contributed by atoms with van der Waals surface area (Å²) in [6.07, 6.45) is 2.01. The SMILES string of the molecule is CO[C@@H]([C@@H]1CCCN1)[C@@H](C)C(=O)NC(Cc1ccccc1)C(=O)O. The van der Waals surface area contributed by atoms with Crippen molar-refractivity contribution in [2.75, 3.05) is 13.7 Å². The van der Waals surface area contributed by atoms with Crippen molar-refractivity contribution >= 4 is 11.9 Å². The second kappa shape index (κ2) is 8.80. The fourth-order valence-corrected chi connectivity index (χ4v) is 3.21. The molecule has 1 heterocycles. The summed E-state index contributed by atoms with van der Waals surface area (Å²) < 4.78 is 5.51. The van der Waals surface area contributed by atoms with Crippen LogP contribution in [0.3, 0.4) is 0 Å². The predicted octanol–water partition coefficient (Wildman–Crippen LogP) is 1.20.